The number of amides is 2. The van der Waals surface area contributed by atoms with Crippen molar-refractivity contribution in [2.24, 2.45) is 15.7 Å². The lowest BCUT2D eigenvalue weighted by Crippen LogP contribution is -2.51. The average molecular weight is 515 g/mol. The van der Waals surface area contributed by atoms with Crippen LogP contribution in [0.2, 0.25) is 0 Å². The van der Waals surface area contributed by atoms with Gasteiger partial charge in [0, 0.05) is 18.3 Å². The number of hydrogen-bond donors (Lipinski definition) is 4. The quantitative estimate of drug-likeness (QED) is 0.147. The molecule has 2 aromatic rings. The summed E-state index contributed by atoms with van der Waals surface area (Å²) in [5.41, 5.74) is 6.96. The lowest BCUT2D eigenvalue weighted by molar-refractivity contribution is -0.126. The van der Waals surface area contributed by atoms with Crippen molar-refractivity contribution < 1.29 is 23.1 Å². The third-order valence-corrected chi connectivity index (χ3v) is 6.50. The lowest BCUT2D eigenvalue weighted by atomic mass is 10.1. The van der Waals surface area contributed by atoms with Gasteiger partial charge in [-0.2, -0.15) is 4.72 Å². The molecule has 0 bridgehead atoms. The molecule has 1 unspecified atom stereocenters. The molecule has 5 N–H and O–H groups in total. The van der Waals surface area contributed by atoms with E-state index in [2.05, 4.69) is 20.0 Å². The summed E-state index contributed by atoms with van der Waals surface area (Å²) >= 11 is 0. The number of hydrogen-bond acceptors (Lipinski definition) is 7. The molecule has 0 saturated heterocycles. The second-order valence-corrected chi connectivity index (χ2v) is 10.0. The first-order valence-corrected chi connectivity index (χ1v) is 13.0. The van der Waals surface area contributed by atoms with E-state index in [1.807, 2.05) is 0 Å². The highest BCUT2D eigenvalue weighted by atomic mass is 32.2. The number of amidine groups is 1. The third-order valence-electron chi connectivity index (χ3n) is 5.21. The molecule has 0 saturated carbocycles. The molecule has 192 valence electrons. The number of benzene rings is 2. The van der Waals surface area contributed by atoms with Gasteiger partial charge >= 0.3 is 0 Å². The van der Waals surface area contributed by atoms with Gasteiger partial charge in [-0.25, -0.2) is 8.42 Å². The molecular formula is C24H30N6O5S. The number of carbonyl (C=O) groups excluding carboxylic acids is 2. The van der Waals surface area contributed by atoms with Crippen molar-refractivity contribution in [3.8, 4) is 0 Å². The Bertz CT molecular complexity index is 1230. The smallest absolute Gasteiger partial charge is 0.268 e. The molecular weight excluding hydrogens is 484 g/mol. The zero-order valence-corrected chi connectivity index (χ0v) is 20.7. The number of rotatable bonds is 11. The average Bonchev–Trinajstić information content (AvgIpc) is 2.94. The minimum absolute atomic E-state index is 0.248. The predicted molar refractivity (Wildman–Crippen MR) is 138 cm³/mol. The number of sulfonamides is 1. The van der Waals surface area contributed by atoms with Crippen molar-refractivity contribution in [3.63, 3.8) is 0 Å². The molecule has 0 aromatic heterocycles. The highest BCUT2D eigenvalue weighted by molar-refractivity contribution is 7.88. The maximum Gasteiger partial charge on any atom is 0.268 e. The van der Waals surface area contributed by atoms with Crippen molar-refractivity contribution in [1.82, 2.24) is 10.0 Å². The number of nitrogens with one attached hydrogen (secondary N) is 2. The van der Waals surface area contributed by atoms with E-state index < -0.39 is 40.8 Å². The van der Waals surface area contributed by atoms with Gasteiger partial charge in [-0.15, -0.1) is 0 Å². The van der Waals surface area contributed by atoms with Crippen LogP contribution in [0.4, 0.5) is 5.69 Å². The molecule has 2 atom stereocenters. The molecule has 36 heavy (non-hydrogen) atoms. The Balaban J connectivity index is 1.71. The summed E-state index contributed by atoms with van der Waals surface area (Å²) in [4.78, 5) is 35.3. The van der Waals surface area contributed by atoms with E-state index in [0.29, 0.717) is 35.6 Å². The first-order chi connectivity index (χ1) is 17.1. The van der Waals surface area contributed by atoms with Crippen LogP contribution in [0.3, 0.4) is 0 Å². The van der Waals surface area contributed by atoms with Gasteiger partial charge in [-0.3, -0.25) is 24.5 Å². The fourth-order valence-electron chi connectivity index (χ4n) is 3.56. The van der Waals surface area contributed by atoms with Crippen molar-refractivity contribution in [1.29, 1.82) is 0 Å². The van der Waals surface area contributed by atoms with E-state index in [1.54, 1.807) is 61.5 Å². The first kappa shape index (κ1) is 27.0. The maximum absolute atomic E-state index is 13.4. The van der Waals surface area contributed by atoms with Crippen LogP contribution in [0.25, 0.3) is 0 Å². The molecule has 0 radical (unpaired) electrons. The summed E-state index contributed by atoms with van der Waals surface area (Å²) in [7, 11) is -3.93. The summed E-state index contributed by atoms with van der Waals surface area (Å²) in [5.74, 6) is -1.23. The number of carbonyl (C=O) groups is 2. The zero-order valence-electron chi connectivity index (χ0n) is 19.9. The largest absolute Gasteiger partial charge is 0.388 e. The molecule has 11 nitrogen and oxygen atoms in total. The van der Waals surface area contributed by atoms with Crippen LogP contribution in [0.1, 0.15) is 30.9 Å². The van der Waals surface area contributed by atoms with Gasteiger partial charge in [0.05, 0.1) is 17.3 Å². The van der Waals surface area contributed by atoms with Crippen LogP contribution in [0, 0.1) is 0 Å². The fraction of sp³-hybridized carbons (Fsp3) is 0.333. The molecule has 2 aromatic carbocycles. The van der Waals surface area contributed by atoms with Gasteiger partial charge < -0.3 is 16.2 Å². The molecule has 1 aliphatic rings. The van der Waals surface area contributed by atoms with E-state index in [1.165, 1.54) is 6.21 Å². The van der Waals surface area contributed by atoms with Gasteiger partial charge in [0.15, 0.2) is 6.17 Å². The molecule has 0 fully saturated rings. The Morgan fingerprint density at radius 2 is 1.89 bits per heavy atom. The Morgan fingerprint density at radius 1 is 1.19 bits per heavy atom. The van der Waals surface area contributed by atoms with E-state index in [9.17, 15) is 23.1 Å². The Morgan fingerprint density at radius 3 is 2.61 bits per heavy atom. The third kappa shape index (κ3) is 7.97. The SMILES string of the molecule is CC(N)=NCCC[C@@H](O)NC(=O)CN1C(=O)C(NS(=O)(=O)Cc2ccccc2)N=Cc2ccccc21. The number of fused-ring (bicyclic) bond motifs is 1. The molecule has 0 spiro atoms. The summed E-state index contributed by atoms with van der Waals surface area (Å²) < 4.78 is 27.8. The molecule has 2 amide bonds. The van der Waals surface area contributed by atoms with Gasteiger partial charge in [-0.05, 0) is 31.4 Å². The van der Waals surface area contributed by atoms with E-state index in [-0.39, 0.29) is 12.2 Å². The van der Waals surface area contributed by atoms with Crippen molar-refractivity contribution in [2.45, 2.75) is 37.9 Å². The monoisotopic (exact) mass is 514 g/mol. The van der Waals surface area contributed by atoms with Gasteiger partial charge in [0.1, 0.15) is 12.8 Å². The fourth-order valence-corrected chi connectivity index (χ4v) is 4.78. The number of aliphatic hydroxyl groups is 1. The van der Waals surface area contributed by atoms with Gasteiger partial charge in [-0.1, -0.05) is 48.5 Å². The van der Waals surface area contributed by atoms with E-state index >= 15 is 0 Å². The van der Waals surface area contributed by atoms with Crippen molar-refractivity contribution in [2.75, 3.05) is 18.0 Å². The van der Waals surface area contributed by atoms with Crippen molar-refractivity contribution >= 4 is 39.6 Å². The molecule has 0 aliphatic carbocycles. The topological polar surface area (TPSA) is 167 Å². The van der Waals surface area contributed by atoms with E-state index in [4.69, 9.17) is 5.73 Å². The van der Waals surface area contributed by atoms with Gasteiger partial charge in [0.2, 0.25) is 15.9 Å². The summed E-state index contributed by atoms with van der Waals surface area (Å²) in [6, 6.07) is 15.3. The highest BCUT2D eigenvalue weighted by Crippen LogP contribution is 2.23. The van der Waals surface area contributed by atoms with Crippen LogP contribution in [-0.2, 0) is 25.4 Å². The summed E-state index contributed by atoms with van der Waals surface area (Å²) in [6.45, 7) is 1.63. The van der Waals surface area contributed by atoms with Crippen LogP contribution in [-0.4, -0.2) is 62.9 Å². The highest BCUT2D eigenvalue weighted by Gasteiger charge is 2.33. The molecule has 3 rings (SSSR count). The summed E-state index contributed by atoms with van der Waals surface area (Å²) in [6.07, 6.45) is -0.449. The first-order valence-electron chi connectivity index (χ1n) is 11.4. The number of benzodiazepines with no additional fused rings is 1. The molecule has 12 heteroatoms. The Kier molecular flexibility index (Phi) is 9.28. The standard InChI is InChI=1S/C24H30N6O5S/c1-17(25)26-13-7-12-21(31)28-22(32)15-30-20-11-6-5-10-19(20)14-27-23(24(30)33)29-36(34,35)16-18-8-3-2-4-9-18/h2-6,8-11,14,21,23,29,31H,7,12-13,15-16H2,1H3,(H2,25,26)(H,28,32)/t21-,23?/m1/s1. The lowest BCUT2D eigenvalue weighted by Gasteiger charge is -2.25. The van der Waals surface area contributed by atoms with Crippen molar-refractivity contribution in [3.05, 3.63) is 65.7 Å². The molecule has 1 heterocycles. The second-order valence-electron chi connectivity index (χ2n) is 8.28. The number of aliphatic imine (C=N–C) groups is 2. The van der Waals surface area contributed by atoms with E-state index in [0.717, 1.165) is 4.90 Å². The predicted octanol–water partition coefficient (Wildman–Crippen LogP) is 0.490. The summed E-state index contributed by atoms with van der Waals surface area (Å²) in [5, 5.41) is 12.6. The normalized spacial score (nSPS) is 16.8. The number of aliphatic hydroxyl groups excluding tert-OH is 1. The second kappa shape index (κ2) is 12.4. The zero-order chi connectivity index (χ0) is 26.1. The number of para-hydroxylation sites is 1. The van der Waals surface area contributed by atoms with Crippen LogP contribution in [0.15, 0.2) is 64.6 Å². The number of anilines is 1. The number of nitrogens with two attached hydrogens (primary N) is 1. The minimum Gasteiger partial charge on any atom is -0.388 e. The Hall–Kier alpha value is -3.61. The minimum atomic E-state index is -3.93. The van der Waals surface area contributed by atoms with Crippen LogP contribution >= 0.6 is 0 Å². The van der Waals surface area contributed by atoms with Crippen LogP contribution in [0.5, 0.6) is 0 Å². The Labute approximate surface area is 210 Å². The number of nitrogens with zero attached hydrogens (tertiary/aromatic N) is 3. The maximum atomic E-state index is 13.4. The van der Waals surface area contributed by atoms with Gasteiger partial charge in [0.25, 0.3) is 5.91 Å². The molecule has 1 aliphatic heterocycles. The van der Waals surface area contributed by atoms with Crippen LogP contribution < -0.4 is 20.7 Å².